The Hall–Kier alpha value is -3.02. The normalized spacial score (nSPS) is 11.9. The molecule has 2 aromatic rings. The summed E-state index contributed by atoms with van der Waals surface area (Å²) in [4.78, 5) is 24.6. The molecule has 6 nitrogen and oxygen atoms in total. The average Bonchev–Trinajstić information content (AvgIpc) is 2.81. The Kier molecular flexibility index (Phi) is 10.0. The van der Waals surface area contributed by atoms with E-state index < -0.39 is 0 Å². The van der Waals surface area contributed by atoms with Gasteiger partial charge in [-0.2, -0.15) is 0 Å². The maximum atomic E-state index is 12.3. The van der Waals surface area contributed by atoms with E-state index in [1.54, 1.807) is 0 Å². The largest absolute Gasteiger partial charge is 0.507 e. The number of benzene rings is 2. The number of hydrogen-bond acceptors (Lipinski definition) is 6. The minimum Gasteiger partial charge on any atom is -0.507 e. The maximum absolute atomic E-state index is 12.3. The topological polar surface area (TPSA) is 93.1 Å². The van der Waals surface area contributed by atoms with Crippen LogP contribution in [0.3, 0.4) is 0 Å². The summed E-state index contributed by atoms with van der Waals surface area (Å²) in [6.45, 7) is 20.0. The van der Waals surface area contributed by atoms with Crippen LogP contribution < -0.4 is 0 Å². The van der Waals surface area contributed by atoms with Gasteiger partial charge in [0, 0.05) is 12.8 Å². The van der Waals surface area contributed by atoms with E-state index in [1.165, 1.54) is 0 Å². The average molecular weight is 527 g/mol. The fourth-order valence-electron chi connectivity index (χ4n) is 4.53. The highest BCUT2D eigenvalue weighted by Crippen LogP contribution is 2.37. The van der Waals surface area contributed by atoms with Crippen LogP contribution in [0.25, 0.3) is 0 Å². The van der Waals surface area contributed by atoms with Crippen LogP contribution in [0, 0.1) is 27.7 Å². The highest BCUT2D eigenvalue weighted by Gasteiger charge is 2.23. The quantitative estimate of drug-likeness (QED) is 0.283. The number of phenolic OH excluding ortho intramolecular Hbond substituents is 2. The van der Waals surface area contributed by atoms with Crippen LogP contribution in [0.1, 0.15) is 98.9 Å². The molecule has 6 heteroatoms. The zero-order valence-electron chi connectivity index (χ0n) is 24.9. The second-order valence-corrected chi connectivity index (χ2v) is 12.3. The summed E-state index contributed by atoms with van der Waals surface area (Å²) in [5.74, 6) is -0.0799. The molecular weight excluding hydrogens is 480 g/mol. The van der Waals surface area contributed by atoms with Crippen LogP contribution in [0.5, 0.6) is 11.5 Å². The molecule has 0 atom stereocenters. The van der Waals surface area contributed by atoms with Gasteiger partial charge in [0.25, 0.3) is 0 Å². The van der Waals surface area contributed by atoms with E-state index in [-0.39, 0.29) is 48.8 Å². The Balaban J connectivity index is 1.84. The van der Waals surface area contributed by atoms with E-state index >= 15 is 0 Å². The van der Waals surface area contributed by atoms with Crippen molar-refractivity contribution < 1.29 is 29.3 Å². The minimum atomic E-state index is -0.353. The third-order valence-electron chi connectivity index (χ3n) is 7.37. The van der Waals surface area contributed by atoms with Crippen LogP contribution >= 0.6 is 0 Å². The van der Waals surface area contributed by atoms with Gasteiger partial charge in [-0.3, -0.25) is 9.59 Å². The van der Waals surface area contributed by atoms with Gasteiger partial charge in [0.15, 0.2) is 0 Å². The molecule has 2 rings (SSSR count). The summed E-state index contributed by atoms with van der Waals surface area (Å²) >= 11 is 0. The van der Waals surface area contributed by atoms with Crippen LogP contribution in [0.15, 0.2) is 12.1 Å². The van der Waals surface area contributed by atoms with E-state index in [0.29, 0.717) is 24.3 Å². The van der Waals surface area contributed by atoms with Gasteiger partial charge in [-0.05, 0) is 95.9 Å². The molecule has 0 aliphatic rings. The number of aryl methyl sites for hydroxylation is 2. The molecule has 0 saturated heterocycles. The molecule has 0 aliphatic heterocycles. The van der Waals surface area contributed by atoms with Crippen LogP contribution in [-0.2, 0) is 42.7 Å². The summed E-state index contributed by atoms with van der Waals surface area (Å²) in [5.41, 5.74) is 6.96. The first-order valence-electron chi connectivity index (χ1n) is 13.4. The summed E-state index contributed by atoms with van der Waals surface area (Å²) in [6.07, 6.45) is 1.43. The standard InChI is InChI=1S/C32H46O6/c1-19-21(3)29(35)25(31(5,6)7)17-23(19)11-13-27(33)37-15-16-38-28(34)14-12-24-18-26(32(8,9)10)30(36)22(4)20(24)2/h17-18,35-36H,11-16H2,1-10H3. The van der Waals surface area contributed by atoms with Gasteiger partial charge >= 0.3 is 11.9 Å². The first-order chi connectivity index (χ1) is 17.4. The van der Waals surface area contributed by atoms with Crippen LogP contribution in [0.2, 0.25) is 0 Å². The Labute approximate surface area is 228 Å². The molecule has 0 spiro atoms. The van der Waals surface area contributed by atoms with Gasteiger partial charge in [-0.25, -0.2) is 0 Å². The van der Waals surface area contributed by atoms with Crippen molar-refractivity contribution >= 4 is 11.9 Å². The fourth-order valence-corrected chi connectivity index (χ4v) is 4.53. The molecule has 0 radical (unpaired) electrons. The number of hydrogen-bond donors (Lipinski definition) is 2. The zero-order chi connectivity index (χ0) is 29.0. The number of carbonyl (C=O) groups is 2. The molecule has 38 heavy (non-hydrogen) atoms. The summed E-state index contributed by atoms with van der Waals surface area (Å²) in [5, 5.41) is 21.1. The van der Waals surface area contributed by atoms with Crippen molar-refractivity contribution in [3.63, 3.8) is 0 Å². The predicted octanol–water partition coefficient (Wildman–Crippen LogP) is 6.58. The third kappa shape index (κ3) is 7.75. The van der Waals surface area contributed by atoms with Gasteiger partial charge in [-0.1, -0.05) is 53.7 Å². The third-order valence-corrected chi connectivity index (χ3v) is 7.37. The molecule has 2 aromatic carbocycles. The van der Waals surface area contributed by atoms with Gasteiger partial charge in [0.1, 0.15) is 24.7 Å². The SMILES string of the molecule is Cc1c(CCC(=O)OCCOC(=O)CCc2cc(C(C)(C)C)c(O)c(C)c2C)cc(C(C)(C)C)c(O)c1C. The molecule has 2 N–H and O–H groups in total. The minimum absolute atomic E-state index is 0.0108. The van der Waals surface area contributed by atoms with Crippen LogP contribution in [-0.4, -0.2) is 35.4 Å². The van der Waals surface area contributed by atoms with E-state index in [1.807, 2.05) is 81.4 Å². The highest BCUT2D eigenvalue weighted by molar-refractivity contribution is 5.71. The molecular formula is C32H46O6. The first-order valence-corrected chi connectivity index (χ1v) is 13.4. The monoisotopic (exact) mass is 526 g/mol. The van der Waals surface area contributed by atoms with Crippen molar-refractivity contribution in [1.29, 1.82) is 0 Å². The number of aromatic hydroxyl groups is 2. The predicted molar refractivity (Wildman–Crippen MR) is 151 cm³/mol. The molecule has 0 saturated carbocycles. The Bertz CT molecular complexity index is 1080. The Morgan fingerprint density at radius 2 is 0.947 bits per heavy atom. The summed E-state index contributed by atoms with van der Waals surface area (Å²) in [6, 6.07) is 3.96. The lowest BCUT2D eigenvalue weighted by Crippen LogP contribution is -2.16. The summed E-state index contributed by atoms with van der Waals surface area (Å²) in [7, 11) is 0. The first kappa shape index (κ1) is 31.2. The molecule has 0 aliphatic carbocycles. The molecule has 0 bridgehead atoms. The smallest absolute Gasteiger partial charge is 0.306 e. The molecule has 0 aromatic heterocycles. The van der Waals surface area contributed by atoms with E-state index in [2.05, 4.69) is 0 Å². The van der Waals surface area contributed by atoms with Crippen molar-refractivity contribution in [2.75, 3.05) is 13.2 Å². The van der Waals surface area contributed by atoms with Crippen LogP contribution in [0.4, 0.5) is 0 Å². The second kappa shape index (κ2) is 12.2. The van der Waals surface area contributed by atoms with E-state index in [4.69, 9.17) is 9.47 Å². The zero-order valence-corrected chi connectivity index (χ0v) is 24.9. The molecule has 0 amide bonds. The number of rotatable bonds is 9. The van der Waals surface area contributed by atoms with Gasteiger partial charge in [0.2, 0.25) is 0 Å². The second-order valence-electron chi connectivity index (χ2n) is 12.3. The van der Waals surface area contributed by atoms with Crippen molar-refractivity contribution in [2.45, 2.75) is 106 Å². The number of esters is 2. The molecule has 210 valence electrons. The lowest BCUT2D eigenvalue weighted by Gasteiger charge is -2.24. The fraction of sp³-hybridized carbons (Fsp3) is 0.562. The lowest BCUT2D eigenvalue weighted by atomic mass is 9.82. The van der Waals surface area contributed by atoms with Crippen molar-refractivity contribution in [1.82, 2.24) is 0 Å². The molecule has 0 fully saturated rings. The van der Waals surface area contributed by atoms with Crippen molar-refractivity contribution in [3.05, 3.63) is 56.6 Å². The Morgan fingerprint density at radius 3 is 1.24 bits per heavy atom. The van der Waals surface area contributed by atoms with E-state index in [0.717, 1.165) is 44.5 Å². The number of carbonyl (C=O) groups excluding carboxylic acids is 2. The number of phenols is 2. The lowest BCUT2D eigenvalue weighted by molar-refractivity contribution is -0.152. The molecule has 0 unspecified atom stereocenters. The maximum Gasteiger partial charge on any atom is 0.306 e. The van der Waals surface area contributed by atoms with Gasteiger partial charge in [-0.15, -0.1) is 0 Å². The van der Waals surface area contributed by atoms with Gasteiger partial charge < -0.3 is 19.7 Å². The number of ether oxygens (including phenoxy) is 2. The van der Waals surface area contributed by atoms with Crippen molar-refractivity contribution in [3.8, 4) is 11.5 Å². The Morgan fingerprint density at radius 1 is 0.632 bits per heavy atom. The van der Waals surface area contributed by atoms with E-state index in [9.17, 15) is 19.8 Å². The highest BCUT2D eigenvalue weighted by atomic mass is 16.6. The van der Waals surface area contributed by atoms with Crippen molar-refractivity contribution in [2.24, 2.45) is 0 Å². The molecule has 0 heterocycles. The van der Waals surface area contributed by atoms with Gasteiger partial charge in [0.05, 0.1) is 0 Å². The summed E-state index contributed by atoms with van der Waals surface area (Å²) < 4.78 is 10.6.